The van der Waals surface area contributed by atoms with Crippen LogP contribution in [0.1, 0.15) is 25.9 Å². The highest BCUT2D eigenvalue weighted by Gasteiger charge is 2.14. The number of aromatic nitrogens is 1. The number of amides is 1. The van der Waals surface area contributed by atoms with Gasteiger partial charge in [0, 0.05) is 16.9 Å². The van der Waals surface area contributed by atoms with Gasteiger partial charge in [0.15, 0.2) is 10.7 Å². The summed E-state index contributed by atoms with van der Waals surface area (Å²) in [6.45, 7) is 0.307. The molecule has 0 aliphatic rings. The van der Waals surface area contributed by atoms with Gasteiger partial charge < -0.3 is 10.4 Å². The van der Waals surface area contributed by atoms with E-state index in [1.807, 2.05) is 6.07 Å². The summed E-state index contributed by atoms with van der Waals surface area (Å²) in [5.74, 6) is -1.55. The quantitative estimate of drug-likeness (QED) is 0.908. The first-order valence-electron chi connectivity index (χ1n) is 5.28. The summed E-state index contributed by atoms with van der Waals surface area (Å²) < 4.78 is 0. The van der Waals surface area contributed by atoms with Gasteiger partial charge in [-0.15, -0.1) is 11.3 Å². The summed E-state index contributed by atoms with van der Waals surface area (Å²) in [6.07, 6.45) is 0. The van der Waals surface area contributed by atoms with Crippen molar-refractivity contribution in [1.82, 2.24) is 10.3 Å². The molecule has 0 unspecified atom stereocenters. The maximum Gasteiger partial charge on any atom is 0.355 e. The number of aromatic carboxylic acids is 1. The van der Waals surface area contributed by atoms with Gasteiger partial charge in [-0.05, 0) is 17.7 Å². The lowest BCUT2D eigenvalue weighted by molar-refractivity contribution is 0.0691. The fourth-order valence-corrected chi connectivity index (χ4v) is 2.30. The van der Waals surface area contributed by atoms with E-state index in [1.54, 1.807) is 18.2 Å². The van der Waals surface area contributed by atoms with E-state index in [4.69, 9.17) is 16.7 Å². The number of carboxylic acid groups (broad SMARTS) is 1. The molecule has 19 heavy (non-hydrogen) atoms. The first-order chi connectivity index (χ1) is 9.06. The fourth-order valence-electron chi connectivity index (χ4n) is 1.38. The van der Waals surface area contributed by atoms with Crippen LogP contribution in [0.25, 0.3) is 0 Å². The zero-order chi connectivity index (χ0) is 13.8. The molecule has 0 aliphatic carbocycles. The van der Waals surface area contributed by atoms with Crippen molar-refractivity contribution < 1.29 is 14.7 Å². The average molecular weight is 297 g/mol. The van der Waals surface area contributed by atoms with Gasteiger partial charge in [0.1, 0.15) is 0 Å². The number of rotatable bonds is 4. The Bertz CT molecular complexity index is 627. The standard InChI is InChI=1S/C12H9ClN2O3S/c13-8-3-1-2-7(4-8)5-14-10(16)11-15-9(6-19-11)12(17)18/h1-4,6H,5H2,(H,14,16)(H,17,18). The Morgan fingerprint density at radius 1 is 1.42 bits per heavy atom. The molecular formula is C12H9ClN2O3S. The van der Waals surface area contributed by atoms with Gasteiger partial charge in [-0.2, -0.15) is 0 Å². The minimum atomic E-state index is -1.15. The van der Waals surface area contributed by atoms with E-state index in [0.717, 1.165) is 16.9 Å². The first-order valence-corrected chi connectivity index (χ1v) is 6.53. The minimum Gasteiger partial charge on any atom is -0.476 e. The molecule has 0 radical (unpaired) electrons. The molecule has 1 amide bonds. The van der Waals surface area contributed by atoms with Crippen LogP contribution in [0, 0.1) is 0 Å². The van der Waals surface area contributed by atoms with E-state index in [1.165, 1.54) is 5.38 Å². The zero-order valence-corrected chi connectivity index (χ0v) is 11.2. The summed E-state index contributed by atoms with van der Waals surface area (Å²) in [4.78, 5) is 26.1. The minimum absolute atomic E-state index is 0.124. The fraction of sp³-hybridized carbons (Fsp3) is 0.0833. The molecular weight excluding hydrogens is 288 g/mol. The van der Waals surface area contributed by atoms with E-state index in [9.17, 15) is 9.59 Å². The van der Waals surface area contributed by atoms with Crippen LogP contribution >= 0.6 is 22.9 Å². The number of halogens is 1. The highest BCUT2D eigenvalue weighted by Crippen LogP contribution is 2.12. The first kappa shape index (κ1) is 13.5. The Hall–Kier alpha value is -1.92. The van der Waals surface area contributed by atoms with E-state index >= 15 is 0 Å². The van der Waals surface area contributed by atoms with E-state index < -0.39 is 11.9 Å². The Morgan fingerprint density at radius 2 is 2.21 bits per heavy atom. The van der Waals surface area contributed by atoms with Crippen LogP contribution in [0.4, 0.5) is 0 Å². The van der Waals surface area contributed by atoms with Crippen molar-refractivity contribution in [2.75, 3.05) is 0 Å². The van der Waals surface area contributed by atoms with Gasteiger partial charge >= 0.3 is 5.97 Å². The second-order valence-corrected chi connectivity index (χ2v) is 4.95. The molecule has 2 N–H and O–H groups in total. The van der Waals surface area contributed by atoms with Crippen molar-refractivity contribution in [3.63, 3.8) is 0 Å². The summed E-state index contributed by atoms with van der Waals surface area (Å²) in [5, 5.41) is 13.4. The normalized spacial score (nSPS) is 10.2. The largest absolute Gasteiger partial charge is 0.476 e. The monoisotopic (exact) mass is 296 g/mol. The van der Waals surface area contributed by atoms with E-state index in [2.05, 4.69) is 10.3 Å². The Kier molecular flexibility index (Phi) is 4.13. The number of benzene rings is 1. The molecule has 7 heteroatoms. The predicted molar refractivity (Wildman–Crippen MR) is 71.7 cm³/mol. The molecule has 1 aromatic carbocycles. The smallest absolute Gasteiger partial charge is 0.355 e. The van der Waals surface area contributed by atoms with Gasteiger partial charge in [-0.3, -0.25) is 4.79 Å². The Labute approximate surface area is 117 Å². The molecule has 98 valence electrons. The maximum atomic E-state index is 11.7. The van der Waals surface area contributed by atoms with Gasteiger partial charge in [-0.25, -0.2) is 9.78 Å². The highest BCUT2D eigenvalue weighted by atomic mass is 35.5. The number of carboxylic acids is 1. The molecule has 0 fully saturated rings. The summed E-state index contributed by atoms with van der Waals surface area (Å²) in [7, 11) is 0. The topological polar surface area (TPSA) is 79.3 Å². The number of carbonyl (C=O) groups excluding carboxylic acids is 1. The molecule has 0 saturated heterocycles. The number of nitrogens with one attached hydrogen (secondary N) is 1. The van der Waals surface area contributed by atoms with Crippen LogP contribution in [0.2, 0.25) is 5.02 Å². The lowest BCUT2D eigenvalue weighted by Gasteiger charge is -2.03. The zero-order valence-electron chi connectivity index (χ0n) is 9.59. The van der Waals surface area contributed by atoms with E-state index in [0.29, 0.717) is 11.6 Å². The van der Waals surface area contributed by atoms with Crippen molar-refractivity contribution >= 4 is 34.8 Å². The van der Waals surface area contributed by atoms with Crippen molar-refractivity contribution in [3.8, 4) is 0 Å². The summed E-state index contributed by atoms with van der Waals surface area (Å²) in [5.41, 5.74) is 0.730. The molecule has 1 heterocycles. The van der Waals surface area contributed by atoms with Gasteiger partial charge in [-0.1, -0.05) is 23.7 Å². The SMILES string of the molecule is O=C(O)c1csc(C(=O)NCc2cccc(Cl)c2)n1. The highest BCUT2D eigenvalue weighted by molar-refractivity contribution is 7.11. The average Bonchev–Trinajstić information content (AvgIpc) is 2.86. The predicted octanol–water partition coefficient (Wildman–Crippen LogP) is 2.42. The molecule has 0 atom stereocenters. The van der Waals surface area contributed by atoms with Crippen LogP contribution in [-0.4, -0.2) is 22.0 Å². The maximum absolute atomic E-state index is 11.7. The van der Waals surface area contributed by atoms with Gasteiger partial charge in [0.2, 0.25) is 0 Å². The Balaban J connectivity index is 1.99. The number of nitrogens with zero attached hydrogens (tertiary/aromatic N) is 1. The Morgan fingerprint density at radius 3 is 2.84 bits per heavy atom. The number of hydrogen-bond acceptors (Lipinski definition) is 4. The third-order valence-electron chi connectivity index (χ3n) is 2.26. The van der Waals surface area contributed by atoms with Crippen molar-refractivity contribution in [2.45, 2.75) is 6.54 Å². The molecule has 0 aliphatic heterocycles. The van der Waals surface area contributed by atoms with Crippen LogP contribution in [0.3, 0.4) is 0 Å². The van der Waals surface area contributed by atoms with Gasteiger partial charge in [0.25, 0.3) is 5.91 Å². The van der Waals surface area contributed by atoms with Crippen molar-refractivity contribution in [3.05, 3.63) is 50.9 Å². The molecule has 2 rings (SSSR count). The molecule has 0 bridgehead atoms. The van der Waals surface area contributed by atoms with E-state index in [-0.39, 0.29) is 10.7 Å². The summed E-state index contributed by atoms with van der Waals surface area (Å²) >= 11 is 6.82. The molecule has 0 spiro atoms. The third-order valence-corrected chi connectivity index (χ3v) is 3.34. The number of thiazole rings is 1. The summed E-state index contributed by atoms with van der Waals surface area (Å²) in [6, 6.07) is 7.10. The third kappa shape index (κ3) is 3.52. The second kappa shape index (κ2) is 5.81. The van der Waals surface area contributed by atoms with Crippen molar-refractivity contribution in [2.24, 2.45) is 0 Å². The lowest BCUT2D eigenvalue weighted by atomic mass is 10.2. The van der Waals surface area contributed by atoms with Gasteiger partial charge in [0.05, 0.1) is 0 Å². The second-order valence-electron chi connectivity index (χ2n) is 3.66. The van der Waals surface area contributed by atoms with Crippen LogP contribution < -0.4 is 5.32 Å². The van der Waals surface area contributed by atoms with Crippen LogP contribution in [-0.2, 0) is 6.54 Å². The molecule has 5 nitrogen and oxygen atoms in total. The van der Waals surface area contributed by atoms with Crippen LogP contribution in [0.5, 0.6) is 0 Å². The molecule has 0 saturated carbocycles. The van der Waals surface area contributed by atoms with Crippen LogP contribution in [0.15, 0.2) is 29.6 Å². The molecule has 2 aromatic rings. The lowest BCUT2D eigenvalue weighted by Crippen LogP contribution is -2.22. The van der Waals surface area contributed by atoms with Crippen molar-refractivity contribution in [1.29, 1.82) is 0 Å². The number of carbonyl (C=O) groups is 2. The molecule has 1 aromatic heterocycles. The number of hydrogen-bond donors (Lipinski definition) is 2.